The van der Waals surface area contributed by atoms with Crippen molar-refractivity contribution in [2.24, 2.45) is 0 Å². The summed E-state index contributed by atoms with van der Waals surface area (Å²) >= 11 is 0. The molecule has 3 aromatic rings. The first-order chi connectivity index (χ1) is 12.6. The Kier molecular flexibility index (Phi) is 5.24. The van der Waals surface area contributed by atoms with Crippen LogP contribution >= 0.6 is 0 Å². The molecule has 6 heteroatoms. The molecule has 0 aliphatic heterocycles. The Labute approximate surface area is 149 Å². The molecule has 0 aromatic heterocycles. The van der Waals surface area contributed by atoms with Crippen molar-refractivity contribution < 1.29 is 18.7 Å². The van der Waals surface area contributed by atoms with Crippen LogP contribution in [0.2, 0.25) is 0 Å². The summed E-state index contributed by atoms with van der Waals surface area (Å²) in [6.07, 6.45) is 0. The lowest BCUT2D eigenvalue weighted by Gasteiger charge is -2.12. The van der Waals surface area contributed by atoms with Crippen LogP contribution in [0.5, 0.6) is 11.5 Å². The largest absolute Gasteiger partial charge is 0.457 e. The minimum atomic E-state index is -0.556. The maximum absolute atomic E-state index is 12.9. The van der Waals surface area contributed by atoms with Gasteiger partial charge in [-0.25, -0.2) is 4.39 Å². The van der Waals surface area contributed by atoms with Crippen LogP contribution in [-0.4, -0.2) is 11.8 Å². The first kappa shape index (κ1) is 17.2. The fourth-order valence-electron chi connectivity index (χ4n) is 2.21. The Morgan fingerprint density at radius 1 is 0.731 bits per heavy atom. The highest BCUT2D eigenvalue weighted by atomic mass is 19.1. The van der Waals surface area contributed by atoms with Crippen molar-refractivity contribution in [1.82, 2.24) is 10.9 Å². The van der Waals surface area contributed by atoms with Crippen molar-refractivity contribution in [3.05, 3.63) is 95.8 Å². The second-order valence-electron chi connectivity index (χ2n) is 5.33. The summed E-state index contributed by atoms with van der Waals surface area (Å²) in [5.74, 6) is -0.597. The monoisotopic (exact) mass is 350 g/mol. The van der Waals surface area contributed by atoms with Crippen molar-refractivity contribution in [1.29, 1.82) is 0 Å². The number of rotatable bonds is 4. The van der Waals surface area contributed by atoms with Crippen molar-refractivity contribution in [2.75, 3.05) is 0 Å². The predicted octanol–water partition coefficient (Wildman–Crippen LogP) is 3.69. The number of hydrogen-bond donors (Lipinski definition) is 2. The summed E-state index contributed by atoms with van der Waals surface area (Å²) in [6, 6.07) is 20.7. The van der Waals surface area contributed by atoms with Crippen LogP contribution in [0.15, 0.2) is 78.9 Å². The maximum Gasteiger partial charge on any atom is 0.273 e. The zero-order valence-electron chi connectivity index (χ0n) is 13.6. The molecule has 0 radical (unpaired) electrons. The van der Waals surface area contributed by atoms with E-state index in [1.807, 2.05) is 18.2 Å². The summed E-state index contributed by atoms with van der Waals surface area (Å²) in [5.41, 5.74) is 5.10. The topological polar surface area (TPSA) is 67.4 Å². The van der Waals surface area contributed by atoms with Gasteiger partial charge >= 0.3 is 0 Å². The molecule has 0 saturated carbocycles. The van der Waals surface area contributed by atoms with E-state index in [-0.39, 0.29) is 11.1 Å². The Balaban J connectivity index is 1.68. The zero-order valence-corrected chi connectivity index (χ0v) is 13.6. The Bertz CT molecular complexity index is 912. The molecule has 0 spiro atoms. The van der Waals surface area contributed by atoms with Crippen LogP contribution < -0.4 is 15.6 Å². The number of nitrogens with one attached hydrogen (secondary N) is 2. The average molecular weight is 350 g/mol. The lowest BCUT2D eigenvalue weighted by atomic mass is 10.2. The van der Waals surface area contributed by atoms with Crippen molar-refractivity contribution in [2.45, 2.75) is 0 Å². The Morgan fingerprint density at radius 2 is 1.35 bits per heavy atom. The third-order valence-electron chi connectivity index (χ3n) is 3.50. The number of benzene rings is 3. The number of ether oxygens (including phenoxy) is 1. The minimum Gasteiger partial charge on any atom is -0.457 e. The number of para-hydroxylation sites is 2. The van der Waals surface area contributed by atoms with Gasteiger partial charge in [-0.05, 0) is 48.5 Å². The van der Waals surface area contributed by atoms with E-state index in [1.54, 1.807) is 36.4 Å². The van der Waals surface area contributed by atoms with Crippen LogP contribution in [-0.2, 0) is 0 Å². The highest BCUT2D eigenvalue weighted by Crippen LogP contribution is 2.24. The molecule has 0 atom stereocenters. The van der Waals surface area contributed by atoms with Crippen molar-refractivity contribution in [3.8, 4) is 11.5 Å². The third kappa shape index (κ3) is 4.24. The van der Waals surface area contributed by atoms with Gasteiger partial charge in [0.05, 0.1) is 5.56 Å². The summed E-state index contributed by atoms with van der Waals surface area (Å²) in [6.45, 7) is 0. The number of amides is 2. The quantitative estimate of drug-likeness (QED) is 0.705. The van der Waals surface area contributed by atoms with Gasteiger partial charge in [0, 0.05) is 5.56 Å². The predicted molar refractivity (Wildman–Crippen MR) is 94.3 cm³/mol. The lowest BCUT2D eigenvalue weighted by molar-refractivity contribution is 0.0845. The van der Waals surface area contributed by atoms with Crippen LogP contribution in [0.1, 0.15) is 20.7 Å². The standard InChI is InChI=1S/C20H15FN2O3/c21-15-12-10-14(11-13-15)19(24)22-23-20(25)17-8-4-5-9-18(17)26-16-6-2-1-3-7-16/h1-13H,(H,22,24)(H,23,25). The van der Waals surface area contributed by atoms with Gasteiger partial charge in [0.25, 0.3) is 11.8 Å². The second-order valence-corrected chi connectivity index (χ2v) is 5.33. The van der Waals surface area contributed by atoms with E-state index >= 15 is 0 Å². The maximum atomic E-state index is 12.9. The summed E-state index contributed by atoms with van der Waals surface area (Å²) in [5, 5.41) is 0. The van der Waals surface area contributed by atoms with Crippen LogP contribution in [0, 0.1) is 5.82 Å². The molecule has 2 N–H and O–H groups in total. The number of hydrogen-bond acceptors (Lipinski definition) is 3. The van der Waals surface area contributed by atoms with Gasteiger partial charge in [0.1, 0.15) is 17.3 Å². The van der Waals surface area contributed by atoms with Gasteiger partial charge < -0.3 is 4.74 Å². The first-order valence-corrected chi connectivity index (χ1v) is 7.81. The van der Waals surface area contributed by atoms with E-state index in [9.17, 15) is 14.0 Å². The molecule has 3 aromatic carbocycles. The number of halogens is 1. The van der Waals surface area contributed by atoms with Crippen LogP contribution in [0.3, 0.4) is 0 Å². The molecule has 0 saturated heterocycles. The van der Waals surface area contributed by atoms with E-state index in [0.717, 1.165) is 0 Å². The SMILES string of the molecule is O=C(NNC(=O)c1ccccc1Oc1ccccc1)c1ccc(F)cc1. The van der Waals surface area contributed by atoms with Crippen LogP contribution in [0.25, 0.3) is 0 Å². The first-order valence-electron chi connectivity index (χ1n) is 7.81. The van der Waals surface area contributed by atoms with Gasteiger partial charge in [-0.1, -0.05) is 30.3 Å². The number of hydrazine groups is 1. The summed E-state index contributed by atoms with van der Waals surface area (Å²) in [4.78, 5) is 24.4. The third-order valence-corrected chi connectivity index (χ3v) is 3.50. The Hall–Kier alpha value is -3.67. The highest BCUT2D eigenvalue weighted by Gasteiger charge is 2.14. The van der Waals surface area contributed by atoms with Crippen LogP contribution in [0.4, 0.5) is 4.39 Å². The molecule has 0 heterocycles. The average Bonchev–Trinajstić information content (AvgIpc) is 2.67. The van der Waals surface area contributed by atoms with E-state index in [0.29, 0.717) is 11.5 Å². The molecule has 2 amide bonds. The van der Waals surface area contributed by atoms with Gasteiger partial charge in [-0.2, -0.15) is 0 Å². The number of carbonyl (C=O) groups excluding carboxylic acids is 2. The zero-order chi connectivity index (χ0) is 18.4. The molecule has 0 unspecified atom stereocenters. The molecule has 3 rings (SSSR count). The fraction of sp³-hybridized carbons (Fsp3) is 0. The van der Waals surface area contributed by atoms with Gasteiger partial charge in [-0.15, -0.1) is 0 Å². The fourth-order valence-corrected chi connectivity index (χ4v) is 2.21. The van der Waals surface area contributed by atoms with Crippen molar-refractivity contribution >= 4 is 11.8 Å². The molecule has 130 valence electrons. The van der Waals surface area contributed by atoms with Gasteiger partial charge in [0.2, 0.25) is 0 Å². The van der Waals surface area contributed by atoms with Gasteiger partial charge in [0.15, 0.2) is 0 Å². The second kappa shape index (κ2) is 7.94. The molecule has 0 fully saturated rings. The molecule has 0 aliphatic rings. The highest BCUT2D eigenvalue weighted by molar-refractivity contribution is 6.00. The lowest BCUT2D eigenvalue weighted by Crippen LogP contribution is -2.41. The van der Waals surface area contributed by atoms with E-state index < -0.39 is 17.6 Å². The van der Waals surface area contributed by atoms with Gasteiger partial charge in [-0.3, -0.25) is 20.4 Å². The number of carbonyl (C=O) groups is 2. The Morgan fingerprint density at radius 3 is 2.08 bits per heavy atom. The molecule has 0 bridgehead atoms. The smallest absolute Gasteiger partial charge is 0.273 e. The van der Waals surface area contributed by atoms with E-state index in [4.69, 9.17) is 4.74 Å². The summed E-state index contributed by atoms with van der Waals surface area (Å²) in [7, 11) is 0. The minimum absolute atomic E-state index is 0.223. The van der Waals surface area contributed by atoms with Crippen molar-refractivity contribution in [3.63, 3.8) is 0 Å². The van der Waals surface area contributed by atoms with E-state index in [1.165, 1.54) is 24.3 Å². The molecule has 0 aliphatic carbocycles. The molecular weight excluding hydrogens is 335 g/mol. The van der Waals surface area contributed by atoms with E-state index in [2.05, 4.69) is 10.9 Å². The molecule has 26 heavy (non-hydrogen) atoms. The molecule has 5 nitrogen and oxygen atoms in total. The summed E-state index contributed by atoms with van der Waals surface area (Å²) < 4.78 is 18.6. The molecular formula is C20H15FN2O3. The normalized spacial score (nSPS) is 10.0.